The summed E-state index contributed by atoms with van der Waals surface area (Å²) < 4.78 is 11.6. The Morgan fingerprint density at radius 2 is 0.750 bits per heavy atom. The van der Waals surface area contributed by atoms with E-state index in [0.29, 0.717) is 39.8 Å². The predicted molar refractivity (Wildman–Crippen MR) is 321 cm³/mol. The van der Waals surface area contributed by atoms with Crippen molar-refractivity contribution < 1.29 is 28.0 Å². The van der Waals surface area contributed by atoms with Crippen LogP contribution in [0.25, 0.3) is 0 Å². The van der Waals surface area contributed by atoms with Crippen molar-refractivity contribution in [2.45, 2.75) is 72.8 Å². The molecule has 1 aliphatic rings. The maximum absolute atomic E-state index is 12.0. The second-order valence-electron chi connectivity index (χ2n) is 17.1. The number of hydrogen-bond acceptors (Lipinski definition) is 6. The smallest absolute Gasteiger partial charge is 0.259 e. The van der Waals surface area contributed by atoms with Crippen molar-refractivity contribution in [2.75, 3.05) is 16.0 Å². The molecule has 0 aliphatic heterocycles. The molecule has 76 heavy (non-hydrogen) atoms. The Balaban J connectivity index is 0.000000176. The zero-order valence-electron chi connectivity index (χ0n) is 42.1. The Labute approximate surface area is 487 Å². The Morgan fingerprint density at radius 1 is 0.421 bits per heavy atom. The van der Waals surface area contributed by atoms with E-state index < -0.39 is 0 Å². The molecule has 9 rings (SSSR count). The molecule has 1 fully saturated rings. The predicted octanol–water partition coefficient (Wildman–Crippen LogP) is 18.5. The number of halogens is 7. The Hall–Kier alpha value is -5.77. The number of benzene rings is 6. The monoisotopic (exact) mass is 1250 g/mol. The minimum atomic E-state index is -0.138. The summed E-state index contributed by atoms with van der Waals surface area (Å²) in [5.41, 5.74) is 6.08. The highest BCUT2D eigenvalue weighted by Crippen LogP contribution is 2.46. The summed E-state index contributed by atoms with van der Waals surface area (Å²) in [6.45, 7) is 9.24. The van der Waals surface area contributed by atoms with Gasteiger partial charge in [-0.05, 0) is 142 Å². The first-order valence-corrected chi connectivity index (χ1v) is 27.2. The highest BCUT2D eigenvalue weighted by atomic mass is 127. The molecule has 17 heteroatoms. The summed E-state index contributed by atoms with van der Waals surface area (Å²) in [7, 11) is 0. The fourth-order valence-electron chi connectivity index (χ4n) is 7.43. The van der Waals surface area contributed by atoms with Crippen LogP contribution in [0.4, 0.5) is 17.1 Å². The number of carbonyl (C=O) groups is 4. The summed E-state index contributed by atoms with van der Waals surface area (Å²) in [5.74, 6) is 2.64. The van der Waals surface area contributed by atoms with Crippen LogP contribution in [-0.4, -0.2) is 29.7 Å². The second-order valence-corrected chi connectivity index (χ2v) is 20.5. The van der Waals surface area contributed by atoms with Gasteiger partial charge in [0.1, 0.15) is 23.0 Å². The van der Waals surface area contributed by atoms with Crippen LogP contribution in [0, 0.1) is 38.2 Å². The largest absolute Gasteiger partial charge is 0.466 e. The van der Waals surface area contributed by atoms with E-state index in [1.54, 1.807) is 13.0 Å². The summed E-state index contributed by atoms with van der Waals surface area (Å²) in [4.78, 5) is 47.7. The molecule has 2 heterocycles. The van der Waals surface area contributed by atoms with Gasteiger partial charge in [0.2, 0.25) is 0 Å². The zero-order chi connectivity index (χ0) is 55.3. The molecule has 4 amide bonds. The van der Waals surface area contributed by atoms with Crippen molar-refractivity contribution >= 4 is 133 Å². The van der Waals surface area contributed by atoms with E-state index in [-0.39, 0.29) is 53.8 Å². The van der Waals surface area contributed by atoms with Crippen molar-refractivity contribution in [3.63, 3.8) is 0 Å². The van der Waals surface area contributed by atoms with Gasteiger partial charge in [-0.1, -0.05) is 174 Å². The van der Waals surface area contributed by atoms with Crippen molar-refractivity contribution in [3.05, 3.63) is 236 Å². The molecular formula is C59H55Cl6IN4O6. The first-order chi connectivity index (χ1) is 36.3. The number of furan rings is 2. The maximum Gasteiger partial charge on any atom is 0.259 e. The van der Waals surface area contributed by atoms with Crippen molar-refractivity contribution in [1.82, 2.24) is 5.32 Å². The van der Waals surface area contributed by atoms with Gasteiger partial charge in [0.25, 0.3) is 23.6 Å². The lowest BCUT2D eigenvalue weighted by atomic mass is 9.95. The summed E-state index contributed by atoms with van der Waals surface area (Å²) in [6.07, 6.45) is 5.99. The molecule has 0 atom stereocenters. The number of amides is 4. The minimum Gasteiger partial charge on any atom is -0.466 e. The van der Waals surface area contributed by atoms with Crippen LogP contribution < -0.4 is 21.3 Å². The lowest BCUT2D eigenvalue weighted by Gasteiger charge is -2.22. The highest BCUT2D eigenvalue weighted by molar-refractivity contribution is 14.1. The SMILES string of the molecule is Cc1cc(C(=O)NC2CCCCC2)c(C)o1.Cc1cc(C(=O)Nc2ccccc2)c(C)o1.Cc1ccccc1C(=O)Nc1ccccc1.Clc1c(Cl)c(Cl)c(Cl)c(Cl)c1Cl.O=C(Nc1ccccc1)c1ccccc1I. The molecule has 0 unspecified atom stereocenters. The molecule has 8 aromatic rings. The van der Waals surface area contributed by atoms with Crippen LogP contribution in [0.2, 0.25) is 30.1 Å². The lowest BCUT2D eigenvalue weighted by Crippen LogP contribution is -2.36. The fraction of sp³-hybridized carbons (Fsp3) is 0.186. The molecule has 10 nitrogen and oxygen atoms in total. The Kier molecular flexibility index (Phi) is 24.8. The highest BCUT2D eigenvalue weighted by Gasteiger charge is 2.20. The number of para-hydroxylation sites is 3. The summed E-state index contributed by atoms with van der Waals surface area (Å²) in [5, 5.41) is 12.3. The minimum absolute atomic E-state index is 0.0150. The van der Waals surface area contributed by atoms with Gasteiger partial charge < -0.3 is 30.1 Å². The van der Waals surface area contributed by atoms with E-state index in [1.165, 1.54) is 19.3 Å². The first kappa shape index (κ1) is 61.1. The van der Waals surface area contributed by atoms with E-state index in [2.05, 4.69) is 43.9 Å². The summed E-state index contributed by atoms with van der Waals surface area (Å²) >= 11 is 36.2. The van der Waals surface area contributed by atoms with Crippen molar-refractivity contribution in [1.29, 1.82) is 0 Å². The number of anilines is 3. The van der Waals surface area contributed by atoms with Gasteiger partial charge in [0.05, 0.1) is 46.8 Å². The van der Waals surface area contributed by atoms with Crippen LogP contribution in [0.3, 0.4) is 0 Å². The third-order valence-corrected chi connectivity index (χ3v) is 15.1. The zero-order valence-corrected chi connectivity index (χ0v) is 48.8. The van der Waals surface area contributed by atoms with Crippen LogP contribution in [0.5, 0.6) is 0 Å². The van der Waals surface area contributed by atoms with Gasteiger partial charge in [-0.25, -0.2) is 0 Å². The van der Waals surface area contributed by atoms with E-state index in [1.807, 2.05) is 173 Å². The maximum atomic E-state index is 12.0. The third-order valence-electron chi connectivity index (χ3n) is 11.3. The molecule has 0 bridgehead atoms. The molecule has 0 radical (unpaired) electrons. The normalized spacial score (nSPS) is 11.6. The molecule has 0 spiro atoms. The number of aryl methyl sites for hydroxylation is 5. The number of nitrogens with one attached hydrogen (secondary N) is 4. The van der Waals surface area contributed by atoms with Crippen molar-refractivity contribution in [2.24, 2.45) is 0 Å². The van der Waals surface area contributed by atoms with Gasteiger partial charge in [-0.15, -0.1) is 0 Å². The fourth-order valence-corrected chi connectivity index (χ4v) is 9.49. The second kappa shape index (κ2) is 30.8. The quantitative estimate of drug-likeness (QED) is 0.0678. The first-order valence-electron chi connectivity index (χ1n) is 23.9. The molecule has 4 N–H and O–H groups in total. The van der Waals surface area contributed by atoms with E-state index in [9.17, 15) is 19.2 Å². The molecule has 396 valence electrons. The van der Waals surface area contributed by atoms with Crippen LogP contribution in [-0.2, 0) is 0 Å². The standard InChI is InChI=1S/C14H13NO.C13H10INO.C13H19NO2.C13H13NO2.C6Cl6/c1-11-7-5-6-10-13(11)14(16)15-12-8-3-2-4-9-12;14-12-9-5-4-8-11(12)13(16)15-10-6-2-1-3-7-10;2*1-9-8-12(10(2)16-9)13(15)14-11-6-4-3-5-7-11;7-1-2(8)4(10)6(12)5(11)3(1)9/h2-10H,1H3,(H,15,16);1-9H,(H,15,16);8,11H,3-7H2,1-2H3,(H,14,15);3-8H,1-2H3,(H,14,15);. The molecule has 1 aliphatic carbocycles. The third kappa shape index (κ3) is 18.8. The van der Waals surface area contributed by atoms with Crippen LogP contribution in [0.15, 0.2) is 160 Å². The summed E-state index contributed by atoms with van der Waals surface area (Å²) in [6, 6.07) is 47.2. The Bertz CT molecular complexity index is 3000. The topological polar surface area (TPSA) is 143 Å². The Morgan fingerprint density at radius 3 is 1.12 bits per heavy atom. The average Bonchev–Trinajstić information content (AvgIpc) is 3.96. The van der Waals surface area contributed by atoms with Gasteiger partial charge in [0, 0.05) is 32.2 Å². The van der Waals surface area contributed by atoms with Crippen LogP contribution in [0.1, 0.15) is 102 Å². The molecular weight excluding hydrogens is 1200 g/mol. The molecule has 1 saturated carbocycles. The van der Waals surface area contributed by atoms with Gasteiger partial charge >= 0.3 is 0 Å². The van der Waals surface area contributed by atoms with E-state index in [0.717, 1.165) is 50.6 Å². The van der Waals surface area contributed by atoms with Gasteiger partial charge in [-0.2, -0.15) is 0 Å². The van der Waals surface area contributed by atoms with Gasteiger partial charge in [0.15, 0.2) is 0 Å². The lowest BCUT2D eigenvalue weighted by molar-refractivity contribution is 0.0924. The van der Waals surface area contributed by atoms with Gasteiger partial charge in [-0.3, -0.25) is 19.2 Å². The number of rotatable bonds is 8. The average molecular weight is 1260 g/mol. The number of hydrogen-bond donors (Lipinski definition) is 4. The number of carbonyl (C=O) groups excluding carboxylic acids is 4. The molecule has 2 aromatic heterocycles. The van der Waals surface area contributed by atoms with Crippen molar-refractivity contribution in [3.8, 4) is 0 Å². The van der Waals surface area contributed by atoms with E-state index >= 15 is 0 Å². The molecule has 6 aromatic carbocycles. The molecule has 0 saturated heterocycles. The van der Waals surface area contributed by atoms with Crippen LogP contribution >= 0.6 is 92.2 Å². The van der Waals surface area contributed by atoms with E-state index in [4.69, 9.17) is 78.4 Å².